The molecule has 0 aliphatic rings. The van der Waals surface area contributed by atoms with Crippen LogP contribution >= 0.6 is 0 Å². The van der Waals surface area contributed by atoms with E-state index in [4.69, 9.17) is 4.42 Å². The molecule has 0 saturated carbocycles. The van der Waals surface area contributed by atoms with E-state index in [-0.39, 0.29) is 5.41 Å². The van der Waals surface area contributed by atoms with Crippen molar-refractivity contribution in [1.82, 2.24) is 0 Å². The Morgan fingerprint density at radius 2 is 1.82 bits per heavy atom. The minimum atomic E-state index is -0.556. The van der Waals surface area contributed by atoms with Crippen molar-refractivity contribution in [1.29, 1.82) is 0 Å². The molecule has 0 bridgehead atoms. The maximum absolute atomic E-state index is 9.55. The second kappa shape index (κ2) is 3.88. The maximum atomic E-state index is 9.55. The van der Waals surface area contributed by atoms with Gasteiger partial charge in [-0.2, -0.15) is 0 Å². The van der Waals surface area contributed by atoms with Gasteiger partial charge in [0, 0.05) is 5.39 Å². The molecule has 0 saturated heterocycles. The molecule has 2 aromatic rings. The highest BCUT2D eigenvalue weighted by atomic mass is 16.4. The van der Waals surface area contributed by atoms with E-state index < -0.39 is 6.10 Å². The van der Waals surface area contributed by atoms with Crippen LogP contribution in [-0.4, -0.2) is 5.11 Å². The highest BCUT2D eigenvalue weighted by Gasteiger charge is 2.17. The standard InChI is InChI=1S/C15H20O2/c1-9-6-12(15(3,4)5)7-11-8-13(10(2)16)17-14(9)11/h6-8,10,16H,1-5H3. The topological polar surface area (TPSA) is 33.4 Å². The van der Waals surface area contributed by atoms with Gasteiger partial charge in [-0.1, -0.05) is 26.8 Å². The molecular weight excluding hydrogens is 212 g/mol. The Balaban J connectivity index is 2.65. The lowest BCUT2D eigenvalue weighted by atomic mass is 9.85. The fourth-order valence-corrected chi connectivity index (χ4v) is 1.99. The van der Waals surface area contributed by atoms with Crippen LogP contribution in [0.1, 0.15) is 50.7 Å². The van der Waals surface area contributed by atoms with E-state index in [0.717, 1.165) is 16.5 Å². The van der Waals surface area contributed by atoms with Crippen LogP contribution in [0.5, 0.6) is 0 Å². The van der Waals surface area contributed by atoms with Crippen molar-refractivity contribution < 1.29 is 9.52 Å². The molecule has 2 nitrogen and oxygen atoms in total. The van der Waals surface area contributed by atoms with Crippen LogP contribution in [0.15, 0.2) is 22.6 Å². The Morgan fingerprint density at radius 1 is 1.18 bits per heavy atom. The monoisotopic (exact) mass is 232 g/mol. The minimum absolute atomic E-state index is 0.126. The van der Waals surface area contributed by atoms with Crippen LogP contribution in [0.4, 0.5) is 0 Å². The number of rotatable bonds is 1. The second-order valence-corrected chi connectivity index (χ2v) is 5.79. The van der Waals surface area contributed by atoms with E-state index >= 15 is 0 Å². The lowest BCUT2D eigenvalue weighted by Crippen LogP contribution is -2.10. The summed E-state index contributed by atoms with van der Waals surface area (Å²) in [5.74, 6) is 0.633. The van der Waals surface area contributed by atoms with Crippen LogP contribution in [0.3, 0.4) is 0 Å². The molecule has 1 atom stereocenters. The van der Waals surface area contributed by atoms with Gasteiger partial charge in [-0.25, -0.2) is 0 Å². The Kier molecular flexibility index (Phi) is 2.78. The van der Waals surface area contributed by atoms with Crippen molar-refractivity contribution in [3.8, 4) is 0 Å². The average molecular weight is 232 g/mol. The first kappa shape index (κ1) is 12.2. The van der Waals surface area contributed by atoms with E-state index in [2.05, 4.69) is 32.9 Å². The number of fused-ring (bicyclic) bond motifs is 1. The molecule has 0 spiro atoms. The molecule has 92 valence electrons. The molecule has 1 aromatic carbocycles. The van der Waals surface area contributed by atoms with Crippen molar-refractivity contribution in [2.45, 2.75) is 46.1 Å². The minimum Gasteiger partial charge on any atom is -0.458 e. The van der Waals surface area contributed by atoms with Crippen molar-refractivity contribution in [2.75, 3.05) is 0 Å². The van der Waals surface area contributed by atoms with E-state index in [1.54, 1.807) is 6.92 Å². The second-order valence-electron chi connectivity index (χ2n) is 5.79. The van der Waals surface area contributed by atoms with Gasteiger partial charge in [0.05, 0.1) is 0 Å². The molecule has 2 rings (SSSR count). The molecule has 0 amide bonds. The molecule has 1 unspecified atom stereocenters. The number of aliphatic hydroxyl groups excluding tert-OH is 1. The van der Waals surface area contributed by atoms with Gasteiger partial charge in [0.1, 0.15) is 17.4 Å². The lowest BCUT2D eigenvalue weighted by molar-refractivity contribution is 0.172. The van der Waals surface area contributed by atoms with Gasteiger partial charge in [-0.15, -0.1) is 0 Å². The van der Waals surface area contributed by atoms with E-state index in [9.17, 15) is 5.11 Å². The number of benzene rings is 1. The SMILES string of the molecule is Cc1cc(C(C)(C)C)cc2cc(C(C)O)oc12. The predicted molar refractivity (Wildman–Crippen MR) is 70.3 cm³/mol. The van der Waals surface area contributed by atoms with Gasteiger partial charge >= 0.3 is 0 Å². The van der Waals surface area contributed by atoms with Crippen LogP contribution in [-0.2, 0) is 5.41 Å². The average Bonchev–Trinajstić information content (AvgIpc) is 2.60. The predicted octanol–water partition coefficient (Wildman–Crippen LogP) is 4.09. The quantitative estimate of drug-likeness (QED) is 0.803. The molecule has 2 heteroatoms. The number of aliphatic hydroxyl groups is 1. The first-order valence-corrected chi connectivity index (χ1v) is 6.01. The number of hydrogen-bond donors (Lipinski definition) is 1. The summed E-state index contributed by atoms with van der Waals surface area (Å²) in [6.45, 7) is 10.4. The molecule has 1 aromatic heterocycles. The lowest BCUT2D eigenvalue weighted by Gasteiger charge is -2.19. The van der Waals surface area contributed by atoms with Gasteiger partial charge in [0.15, 0.2) is 0 Å². The Bertz CT molecular complexity index is 542. The molecule has 0 aliphatic carbocycles. The summed E-state index contributed by atoms with van der Waals surface area (Å²) in [6.07, 6.45) is -0.556. The number of furan rings is 1. The van der Waals surface area contributed by atoms with Crippen LogP contribution in [0, 0.1) is 6.92 Å². The largest absolute Gasteiger partial charge is 0.458 e. The zero-order chi connectivity index (χ0) is 12.8. The van der Waals surface area contributed by atoms with E-state index in [1.165, 1.54) is 5.56 Å². The van der Waals surface area contributed by atoms with Gasteiger partial charge in [-0.05, 0) is 42.5 Å². The number of hydrogen-bond acceptors (Lipinski definition) is 2. The van der Waals surface area contributed by atoms with Gasteiger partial charge in [0.2, 0.25) is 0 Å². The summed E-state index contributed by atoms with van der Waals surface area (Å²) in [5, 5.41) is 10.6. The fourth-order valence-electron chi connectivity index (χ4n) is 1.99. The van der Waals surface area contributed by atoms with Gasteiger partial charge < -0.3 is 9.52 Å². The Hall–Kier alpha value is -1.28. The molecule has 0 fully saturated rings. The number of aryl methyl sites for hydroxylation is 1. The zero-order valence-electron chi connectivity index (χ0n) is 11.2. The van der Waals surface area contributed by atoms with Crippen molar-refractivity contribution >= 4 is 11.0 Å². The van der Waals surface area contributed by atoms with Crippen LogP contribution in [0.25, 0.3) is 11.0 Å². The molecule has 0 radical (unpaired) electrons. The third-order valence-electron chi connectivity index (χ3n) is 3.10. The van der Waals surface area contributed by atoms with Gasteiger partial charge in [0.25, 0.3) is 0 Å². The Labute approximate surface area is 102 Å². The van der Waals surface area contributed by atoms with Crippen LogP contribution < -0.4 is 0 Å². The van der Waals surface area contributed by atoms with Crippen LogP contribution in [0.2, 0.25) is 0 Å². The first-order valence-electron chi connectivity index (χ1n) is 6.01. The smallest absolute Gasteiger partial charge is 0.137 e. The molecule has 1 N–H and O–H groups in total. The Morgan fingerprint density at radius 3 is 2.35 bits per heavy atom. The molecular formula is C15H20O2. The summed E-state index contributed by atoms with van der Waals surface area (Å²) >= 11 is 0. The summed E-state index contributed by atoms with van der Waals surface area (Å²) < 4.78 is 5.68. The fraction of sp³-hybridized carbons (Fsp3) is 0.467. The molecule has 0 aliphatic heterocycles. The highest BCUT2D eigenvalue weighted by molar-refractivity contribution is 5.82. The van der Waals surface area contributed by atoms with Crippen molar-refractivity contribution in [3.63, 3.8) is 0 Å². The molecule has 1 heterocycles. The summed E-state index contributed by atoms with van der Waals surface area (Å²) in [5.41, 5.74) is 3.43. The highest BCUT2D eigenvalue weighted by Crippen LogP contribution is 2.32. The summed E-state index contributed by atoms with van der Waals surface area (Å²) in [7, 11) is 0. The third-order valence-corrected chi connectivity index (χ3v) is 3.10. The first-order chi connectivity index (χ1) is 7.79. The normalized spacial score (nSPS) is 14.2. The van der Waals surface area contributed by atoms with Gasteiger partial charge in [-0.3, -0.25) is 0 Å². The summed E-state index contributed by atoms with van der Waals surface area (Å²) in [4.78, 5) is 0. The zero-order valence-corrected chi connectivity index (χ0v) is 11.2. The maximum Gasteiger partial charge on any atom is 0.137 e. The van der Waals surface area contributed by atoms with E-state index in [1.807, 2.05) is 13.0 Å². The van der Waals surface area contributed by atoms with Crippen molar-refractivity contribution in [2.24, 2.45) is 0 Å². The van der Waals surface area contributed by atoms with Crippen molar-refractivity contribution in [3.05, 3.63) is 35.1 Å². The van der Waals surface area contributed by atoms with E-state index in [0.29, 0.717) is 5.76 Å². The third kappa shape index (κ3) is 2.22. The molecule has 17 heavy (non-hydrogen) atoms. The summed E-state index contributed by atoms with van der Waals surface area (Å²) in [6, 6.07) is 6.25.